The largest absolute Gasteiger partial charge is 0.239 e. The van der Waals surface area contributed by atoms with E-state index in [-0.39, 0.29) is 0 Å². The van der Waals surface area contributed by atoms with Crippen LogP contribution in [0.4, 0.5) is 0 Å². The quantitative estimate of drug-likeness (QED) is 0.398. The van der Waals surface area contributed by atoms with Gasteiger partial charge in [-0.3, -0.25) is 0 Å². The molecule has 29 valence electrons. The number of rotatable bonds is 0. The third-order valence-electron chi connectivity index (χ3n) is 0.680. The van der Waals surface area contributed by atoms with Crippen molar-refractivity contribution < 1.29 is 0 Å². The van der Waals surface area contributed by atoms with Crippen molar-refractivity contribution in [3.8, 4) is 0 Å². The third kappa shape index (κ3) is 0.578. The maximum Gasteiger partial charge on any atom is 0.0300 e. The Bertz CT molecular complexity index is 33.9. The fraction of sp³-hybridized carbons (Fsp3) is 1.00. The maximum absolute atomic E-state index is 4.09. The molecule has 1 saturated heterocycles. The zero-order valence-corrected chi connectivity index (χ0v) is 3.78. The predicted octanol–water partition coefficient (Wildman–Crippen LogP) is -0.0972. The molecule has 0 N–H and O–H groups in total. The van der Waals surface area contributed by atoms with Crippen LogP contribution in [0.25, 0.3) is 0 Å². The molecule has 0 atom stereocenters. The fourth-order valence-electron chi connectivity index (χ4n) is 0.245. The van der Waals surface area contributed by atoms with Gasteiger partial charge in [-0.2, -0.15) is 12.6 Å². The summed E-state index contributed by atoms with van der Waals surface area (Å²) in [4.78, 5) is 0. The first kappa shape index (κ1) is 3.50. The molecule has 1 nitrogen and oxygen atoms in total. The van der Waals surface area contributed by atoms with Crippen molar-refractivity contribution in [1.82, 2.24) is 5.32 Å². The molecule has 0 spiro atoms. The molecule has 5 heavy (non-hydrogen) atoms. The van der Waals surface area contributed by atoms with Crippen molar-refractivity contribution in [1.29, 1.82) is 0 Å². The molecule has 0 unspecified atom stereocenters. The van der Waals surface area contributed by atoms with Gasteiger partial charge in [-0.15, -0.1) is 0 Å². The zero-order chi connectivity index (χ0) is 3.70. The van der Waals surface area contributed by atoms with Gasteiger partial charge >= 0.3 is 0 Å². The van der Waals surface area contributed by atoms with Gasteiger partial charge in [0.25, 0.3) is 0 Å². The summed E-state index contributed by atoms with van der Waals surface area (Å²) in [7, 11) is 0. The van der Waals surface area contributed by atoms with Crippen LogP contribution in [-0.2, 0) is 0 Å². The SMILES string of the molecule is SC1C[N]C1. The van der Waals surface area contributed by atoms with E-state index in [4.69, 9.17) is 0 Å². The highest BCUT2D eigenvalue weighted by Gasteiger charge is 2.11. The minimum Gasteiger partial charge on any atom is -0.239 e. The fourth-order valence-corrected chi connectivity index (χ4v) is 0.476. The van der Waals surface area contributed by atoms with Crippen molar-refractivity contribution in [3.05, 3.63) is 0 Å². The standard InChI is InChI=1S/C3H6NS/c5-3-1-4-2-3/h3,5H,1-2H2. The van der Waals surface area contributed by atoms with Crippen LogP contribution in [0.3, 0.4) is 0 Å². The summed E-state index contributed by atoms with van der Waals surface area (Å²) < 4.78 is 0. The molecule has 0 aliphatic carbocycles. The smallest absolute Gasteiger partial charge is 0.0300 e. The lowest BCUT2D eigenvalue weighted by Gasteiger charge is -2.18. The van der Waals surface area contributed by atoms with E-state index in [1.807, 2.05) is 0 Å². The average molecular weight is 88.2 g/mol. The highest BCUT2D eigenvalue weighted by atomic mass is 32.1. The van der Waals surface area contributed by atoms with Crippen LogP contribution in [0.15, 0.2) is 0 Å². The topological polar surface area (TPSA) is 14.1 Å². The lowest BCUT2D eigenvalue weighted by atomic mass is 10.3. The lowest BCUT2D eigenvalue weighted by molar-refractivity contribution is 0.533. The molecule has 0 aromatic carbocycles. The van der Waals surface area contributed by atoms with E-state index in [0.29, 0.717) is 5.25 Å². The minimum absolute atomic E-state index is 0.593. The van der Waals surface area contributed by atoms with E-state index in [0.717, 1.165) is 13.1 Å². The molecule has 0 amide bonds. The van der Waals surface area contributed by atoms with Gasteiger partial charge in [0.1, 0.15) is 0 Å². The molecule has 0 aromatic heterocycles. The van der Waals surface area contributed by atoms with E-state index in [1.54, 1.807) is 0 Å². The van der Waals surface area contributed by atoms with Crippen LogP contribution in [0.1, 0.15) is 0 Å². The average Bonchev–Trinajstić information content (AvgIpc) is 1.30. The third-order valence-corrected chi connectivity index (χ3v) is 1.01. The Morgan fingerprint density at radius 2 is 2.00 bits per heavy atom. The van der Waals surface area contributed by atoms with Gasteiger partial charge in [0.05, 0.1) is 0 Å². The first-order valence-corrected chi connectivity index (χ1v) is 2.22. The van der Waals surface area contributed by atoms with Gasteiger partial charge in [0, 0.05) is 18.3 Å². The molecule has 1 heterocycles. The Kier molecular flexibility index (Phi) is 0.830. The molecular formula is C3H6NS. The van der Waals surface area contributed by atoms with Gasteiger partial charge in [-0.05, 0) is 0 Å². The van der Waals surface area contributed by atoms with Gasteiger partial charge in [-0.25, -0.2) is 5.32 Å². The van der Waals surface area contributed by atoms with E-state index in [9.17, 15) is 0 Å². The first-order valence-electron chi connectivity index (χ1n) is 1.71. The number of hydrogen-bond acceptors (Lipinski definition) is 1. The Morgan fingerprint density at radius 3 is 2.00 bits per heavy atom. The second-order valence-electron chi connectivity index (χ2n) is 1.24. The highest BCUT2D eigenvalue weighted by Crippen LogP contribution is 1.99. The lowest BCUT2D eigenvalue weighted by Crippen LogP contribution is -2.36. The molecule has 1 radical (unpaired) electrons. The molecule has 1 rings (SSSR count). The Labute approximate surface area is 37.2 Å². The Hall–Kier alpha value is 0.310. The molecule has 0 aromatic rings. The molecule has 2 heteroatoms. The maximum atomic E-state index is 4.09. The van der Waals surface area contributed by atoms with Crippen LogP contribution in [0.5, 0.6) is 0 Å². The zero-order valence-electron chi connectivity index (χ0n) is 2.89. The van der Waals surface area contributed by atoms with Crippen LogP contribution >= 0.6 is 12.6 Å². The van der Waals surface area contributed by atoms with Crippen molar-refractivity contribution in [2.24, 2.45) is 0 Å². The summed E-state index contributed by atoms with van der Waals surface area (Å²) in [5.41, 5.74) is 0. The van der Waals surface area contributed by atoms with Gasteiger partial charge in [0.15, 0.2) is 0 Å². The van der Waals surface area contributed by atoms with Gasteiger partial charge < -0.3 is 0 Å². The van der Waals surface area contributed by atoms with E-state index in [1.165, 1.54) is 0 Å². The molecular weight excluding hydrogens is 82.1 g/mol. The summed E-state index contributed by atoms with van der Waals surface area (Å²) in [5.74, 6) is 0. The molecule has 0 saturated carbocycles. The molecule has 1 fully saturated rings. The van der Waals surface area contributed by atoms with Crippen molar-refractivity contribution >= 4 is 12.6 Å². The highest BCUT2D eigenvalue weighted by molar-refractivity contribution is 7.81. The summed E-state index contributed by atoms with van der Waals surface area (Å²) in [5, 5.41) is 4.51. The number of nitrogens with zero attached hydrogens (tertiary/aromatic N) is 1. The van der Waals surface area contributed by atoms with Crippen LogP contribution in [-0.4, -0.2) is 18.3 Å². The second-order valence-corrected chi connectivity index (χ2v) is 1.97. The number of thiol groups is 1. The molecule has 0 bridgehead atoms. The summed E-state index contributed by atoms with van der Waals surface area (Å²) in [6.07, 6.45) is 0. The number of hydrogen-bond donors (Lipinski definition) is 1. The van der Waals surface area contributed by atoms with Gasteiger partial charge in [0.2, 0.25) is 0 Å². The van der Waals surface area contributed by atoms with Crippen molar-refractivity contribution in [3.63, 3.8) is 0 Å². The Balaban J connectivity index is 2.08. The predicted molar refractivity (Wildman–Crippen MR) is 24.6 cm³/mol. The van der Waals surface area contributed by atoms with E-state index < -0.39 is 0 Å². The Morgan fingerprint density at radius 1 is 1.60 bits per heavy atom. The van der Waals surface area contributed by atoms with Crippen LogP contribution in [0.2, 0.25) is 0 Å². The summed E-state index contributed by atoms with van der Waals surface area (Å²) in [6.45, 7) is 1.95. The van der Waals surface area contributed by atoms with Crippen LogP contribution in [0, 0.1) is 0 Å². The summed E-state index contributed by atoms with van der Waals surface area (Å²) in [6, 6.07) is 0. The van der Waals surface area contributed by atoms with Crippen LogP contribution < -0.4 is 5.32 Å². The van der Waals surface area contributed by atoms with E-state index >= 15 is 0 Å². The molecule has 1 aliphatic rings. The first-order chi connectivity index (χ1) is 2.39. The van der Waals surface area contributed by atoms with Gasteiger partial charge in [-0.1, -0.05) is 0 Å². The second kappa shape index (κ2) is 1.19. The minimum atomic E-state index is 0.593. The molecule has 1 aliphatic heterocycles. The normalized spacial score (nSPS) is 25.8. The monoisotopic (exact) mass is 88.0 g/mol. The van der Waals surface area contributed by atoms with Crippen molar-refractivity contribution in [2.45, 2.75) is 5.25 Å². The van der Waals surface area contributed by atoms with E-state index in [2.05, 4.69) is 17.9 Å². The summed E-state index contributed by atoms with van der Waals surface area (Å²) >= 11 is 4.09. The van der Waals surface area contributed by atoms with Crippen molar-refractivity contribution in [2.75, 3.05) is 13.1 Å².